The first-order valence-electron chi connectivity index (χ1n) is 8.07. The van der Waals surface area contributed by atoms with E-state index in [9.17, 15) is 4.79 Å². The molecule has 0 bridgehead atoms. The number of nitrogens with zero attached hydrogens (tertiary/aromatic N) is 3. The Morgan fingerprint density at radius 1 is 1.46 bits per heavy atom. The largest absolute Gasteiger partial charge is 0.460 e. The minimum Gasteiger partial charge on any atom is -0.460 e. The van der Waals surface area contributed by atoms with Crippen LogP contribution in [0.3, 0.4) is 0 Å². The zero-order chi connectivity index (χ0) is 16.6. The maximum absolute atomic E-state index is 12.4. The Kier molecular flexibility index (Phi) is 3.97. The summed E-state index contributed by atoms with van der Waals surface area (Å²) >= 11 is 1.47. The fourth-order valence-corrected chi connectivity index (χ4v) is 3.98. The van der Waals surface area contributed by atoms with E-state index in [1.807, 2.05) is 35.4 Å². The molecule has 2 aromatic heterocycles. The third-order valence-corrected chi connectivity index (χ3v) is 5.33. The summed E-state index contributed by atoms with van der Waals surface area (Å²) in [7, 11) is 0. The second-order valence-electron chi connectivity index (χ2n) is 6.38. The van der Waals surface area contributed by atoms with Gasteiger partial charge >= 0.3 is 6.01 Å². The number of thiophene rings is 1. The van der Waals surface area contributed by atoms with E-state index in [4.69, 9.17) is 9.47 Å². The van der Waals surface area contributed by atoms with Crippen LogP contribution in [0.2, 0.25) is 0 Å². The van der Waals surface area contributed by atoms with E-state index >= 15 is 0 Å². The maximum atomic E-state index is 12.4. The minimum absolute atomic E-state index is 0.0274. The number of ether oxygens (including phenoxy) is 2. The van der Waals surface area contributed by atoms with Crippen LogP contribution in [0.25, 0.3) is 0 Å². The second-order valence-corrected chi connectivity index (χ2v) is 7.33. The molecule has 2 aliphatic rings. The van der Waals surface area contributed by atoms with Gasteiger partial charge in [-0.1, -0.05) is 6.07 Å². The summed E-state index contributed by atoms with van der Waals surface area (Å²) in [5.74, 6) is 0.0873. The molecule has 1 amide bonds. The second kappa shape index (κ2) is 6.14. The molecule has 7 heteroatoms. The van der Waals surface area contributed by atoms with Crippen LogP contribution in [0, 0.1) is 6.92 Å². The first kappa shape index (κ1) is 15.5. The fraction of sp³-hybridized carbons (Fsp3) is 0.471. The van der Waals surface area contributed by atoms with Crippen molar-refractivity contribution in [2.24, 2.45) is 0 Å². The van der Waals surface area contributed by atoms with Crippen molar-refractivity contribution in [3.8, 4) is 6.01 Å². The smallest absolute Gasteiger partial charge is 0.316 e. The van der Waals surface area contributed by atoms with Gasteiger partial charge in [0.05, 0.1) is 24.6 Å². The minimum atomic E-state index is -0.278. The van der Waals surface area contributed by atoms with Crippen LogP contribution in [0.5, 0.6) is 6.01 Å². The molecule has 24 heavy (non-hydrogen) atoms. The molecule has 6 nitrogen and oxygen atoms in total. The summed E-state index contributed by atoms with van der Waals surface area (Å²) in [6, 6.07) is 6.03. The van der Waals surface area contributed by atoms with E-state index in [2.05, 4.69) is 9.97 Å². The molecule has 2 saturated heterocycles. The summed E-state index contributed by atoms with van der Waals surface area (Å²) in [6.45, 7) is 3.80. The number of hydrogen-bond donors (Lipinski definition) is 0. The van der Waals surface area contributed by atoms with Crippen molar-refractivity contribution in [1.82, 2.24) is 14.9 Å². The van der Waals surface area contributed by atoms with Crippen LogP contribution < -0.4 is 4.74 Å². The van der Waals surface area contributed by atoms with E-state index in [1.165, 1.54) is 11.3 Å². The number of aryl methyl sites for hydroxylation is 1. The molecule has 0 radical (unpaired) electrons. The molecule has 4 rings (SSSR count). The number of carbonyl (C=O) groups is 1. The van der Waals surface area contributed by atoms with Gasteiger partial charge in [-0.15, -0.1) is 11.3 Å². The van der Waals surface area contributed by atoms with E-state index in [-0.39, 0.29) is 17.6 Å². The average Bonchev–Trinajstić information content (AvgIpc) is 3.06. The average molecular weight is 345 g/mol. The molecule has 0 saturated carbocycles. The Hall–Kier alpha value is -1.99. The molecule has 4 heterocycles. The molecule has 0 aromatic carbocycles. The lowest BCUT2D eigenvalue weighted by molar-refractivity contribution is -0.174. The molecule has 1 atom stereocenters. The van der Waals surface area contributed by atoms with Gasteiger partial charge in [-0.05, 0) is 24.4 Å². The van der Waals surface area contributed by atoms with E-state index in [1.54, 1.807) is 6.20 Å². The number of likely N-dealkylation sites (tertiary alicyclic amines) is 1. The van der Waals surface area contributed by atoms with Crippen molar-refractivity contribution in [3.63, 3.8) is 0 Å². The van der Waals surface area contributed by atoms with Gasteiger partial charge in [0.1, 0.15) is 11.7 Å². The van der Waals surface area contributed by atoms with E-state index in [0.29, 0.717) is 25.7 Å². The third kappa shape index (κ3) is 3.01. The molecular weight excluding hydrogens is 326 g/mol. The highest BCUT2D eigenvalue weighted by molar-refractivity contribution is 7.12. The Bertz CT molecular complexity index is 728. The van der Waals surface area contributed by atoms with Gasteiger partial charge < -0.3 is 14.4 Å². The lowest BCUT2D eigenvalue weighted by Gasteiger charge is -2.52. The van der Waals surface area contributed by atoms with Crippen LogP contribution in [-0.2, 0) is 4.74 Å². The lowest BCUT2D eigenvalue weighted by Crippen LogP contribution is -2.67. The number of aromatic nitrogens is 2. The van der Waals surface area contributed by atoms with Gasteiger partial charge in [0.15, 0.2) is 0 Å². The number of hydrogen-bond acceptors (Lipinski definition) is 6. The van der Waals surface area contributed by atoms with Crippen molar-refractivity contribution in [2.75, 3.05) is 19.7 Å². The van der Waals surface area contributed by atoms with Crippen LogP contribution in [0.1, 0.15) is 28.2 Å². The molecule has 1 spiro atoms. The molecule has 2 aliphatic heterocycles. The zero-order valence-electron chi connectivity index (χ0n) is 13.5. The first-order valence-corrected chi connectivity index (χ1v) is 8.95. The molecule has 2 fully saturated rings. The van der Waals surface area contributed by atoms with E-state index in [0.717, 1.165) is 23.4 Å². The van der Waals surface area contributed by atoms with Gasteiger partial charge in [-0.25, -0.2) is 9.97 Å². The Morgan fingerprint density at radius 3 is 3.08 bits per heavy atom. The van der Waals surface area contributed by atoms with Gasteiger partial charge in [0, 0.05) is 24.7 Å². The topological polar surface area (TPSA) is 64.6 Å². The Morgan fingerprint density at radius 2 is 2.33 bits per heavy atom. The molecule has 2 aromatic rings. The number of rotatable bonds is 3. The summed E-state index contributed by atoms with van der Waals surface area (Å²) < 4.78 is 11.9. The molecular formula is C17H19N3O3S. The predicted molar refractivity (Wildman–Crippen MR) is 89.3 cm³/mol. The Labute approximate surface area is 144 Å². The predicted octanol–water partition coefficient (Wildman–Crippen LogP) is 2.30. The van der Waals surface area contributed by atoms with E-state index < -0.39 is 0 Å². The maximum Gasteiger partial charge on any atom is 0.316 e. The quantitative estimate of drug-likeness (QED) is 0.854. The van der Waals surface area contributed by atoms with Crippen molar-refractivity contribution in [2.45, 2.75) is 31.5 Å². The lowest BCUT2D eigenvalue weighted by atomic mass is 9.84. The summed E-state index contributed by atoms with van der Waals surface area (Å²) in [5.41, 5.74) is 0.609. The van der Waals surface area contributed by atoms with Crippen LogP contribution in [-0.4, -0.2) is 52.2 Å². The van der Waals surface area contributed by atoms with Crippen molar-refractivity contribution >= 4 is 17.2 Å². The highest BCUT2D eigenvalue weighted by Gasteiger charge is 2.50. The molecule has 0 N–H and O–H groups in total. The van der Waals surface area contributed by atoms with Crippen LogP contribution >= 0.6 is 11.3 Å². The summed E-state index contributed by atoms with van der Waals surface area (Å²) in [6.07, 6.45) is 3.31. The molecule has 126 valence electrons. The van der Waals surface area contributed by atoms with Crippen molar-refractivity contribution in [3.05, 3.63) is 40.3 Å². The first-order chi connectivity index (χ1) is 11.6. The number of carbonyl (C=O) groups excluding carboxylic acids is 1. The Balaban J connectivity index is 1.37. The van der Waals surface area contributed by atoms with Crippen LogP contribution in [0.15, 0.2) is 29.8 Å². The molecule has 0 unspecified atom stereocenters. The SMILES string of the molecule is Cc1ccnc(O[C@H]2CCOC3(C2)CN(C(=O)c2cccs2)C3)n1. The van der Waals surface area contributed by atoms with Gasteiger partial charge in [-0.2, -0.15) is 0 Å². The fourth-order valence-electron chi connectivity index (χ4n) is 3.28. The highest BCUT2D eigenvalue weighted by atomic mass is 32.1. The van der Waals surface area contributed by atoms with Crippen LogP contribution in [0.4, 0.5) is 0 Å². The number of amides is 1. The van der Waals surface area contributed by atoms with Gasteiger partial charge in [0.25, 0.3) is 5.91 Å². The highest BCUT2D eigenvalue weighted by Crippen LogP contribution is 2.36. The standard InChI is InChI=1S/C17H19N3O3S/c1-12-4-6-18-16(19-12)23-13-5-7-22-17(9-13)10-20(11-17)15(21)14-3-2-8-24-14/h2-4,6,8,13H,5,7,9-11H2,1H3/t13-/m0/s1. The normalized spacial score (nSPS) is 22.2. The zero-order valence-corrected chi connectivity index (χ0v) is 14.3. The van der Waals surface area contributed by atoms with Gasteiger partial charge in [-0.3, -0.25) is 4.79 Å². The van der Waals surface area contributed by atoms with Crippen molar-refractivity contribution < 1.29 is 14.3 Å². The monoisotopic (exact) mass is 345 g/mol. The molecule has 0 aliphatic carbocycles. The summed E-state index contributed by atoms with van der Waals surface area (Å²) in [4.78, 5) is 23.4. The van der Waals surface area contributed by atoms with Crippen molar-refractivity contribution in [1.29, 1.82) is 0 Å². The van der Waals surface area contributed by atoms with Gasteiger partial charge in [0.2, 0.25) is 0 Å². The summed E-state index contributed by atoms with van der Waals surface area (Å²) in [5, 5.41) is 1.92. The third-order valence-electron chi connectivity index (χ3n) is 4.47.